The standard InChI is InChI=1S/C13H18O3/c1-8-7-10(13(3,4)14)12-11(9(8)2)15-5-6-16-12/h7,14H,5-6H2,1-4H3. The van der Waals surface area contributed by atoms with Gasteiger partial charge in [0.1, 0.15) is 13.2 Å². The van der Waals surface area contributed by atoms with Crippen LogP contribution in [-0.4, -0.2) is 18.3 Å². The minimum absolute atomic E-state index is 0.540. The lowest BCUT2D eigenvalue weighted by Crippen LogP contribution is -2.23. The summed E-state index contributed by atoms with van der Waals surface area (Å²) in [6, 6.07) is 1.98. The van der Waals surface area contributed by atoms with E-state index in [2.05, 4.69) is 0 Å². The summed E-state index contributed by atoms with van der Waals surface area (Å²) >= 11 is 0. The highest BCUT2D eigenvalue weighted by atomic mass is 16.6. The molecule has 3 heteroatoms. The molecule has 1 aromatic rings. The molecular formula is C13H18O3. The average molecular weight is 222 g/mol. The first kappa shape index (κ1) is 11.3. The summed E-state index contributed by atoms with van der Waals surface area (Å²) in [6.07, 6.45) is 0. The highest BCUT2D eigenvalue weighted by molar-refractivity contribution is 5.57. The second kappa shape index (κ2) is 3.67. The van der Waals surface area contributed by atoms with Gasteiger partial charge < -0.3 is 14.6 Å². The van der Waals surface area contributed by atoms with E-state index in [4.69, 9.17) is 9.47 Å². The molecule has 0 radical (unpaired) electrons. The van der Waals surface area contributed by atoms with Crippen LogP contribution < -0.4 is 9.47 Å². The van der Waals surface area contributed by atoms with Crippen LogP contribution in [0.5, 0.6) is 11.5 Å². The summed E-state index contributed by atoms with van der Waals surface area (Å²) in [7, 11) is 0. The molecule has 3 nitrogen and oxygen atoms in total. The van der Waals surface area contributed by atoms with Crippen LogP contribution in [0, 0.1) is 13.8 Å². The number of aliphatic hydroxyl groups is 1. The number of fused-ring (bicyclic) bond motifs is 1. The SMILES string of the molecule is Cc1cc(C(C)(C)O)c2c(c1C)OCCO2. The van der Waals surface area contributed by atoms with Crippen molar-refractivity contribution in [1.29, 1.82) is 0 Å². The number of benzene rings is 1. The topological polar surface area (TPSA) is 38.7 Å². The van der Waals surface area contributed by atoms with Crippen LogP contribution in [0.2, 0.25) is 0 Å². The normalized spacial score (nSPS) is 15.1. The number of ether oxygens (including phenoxy) is 2. The third-order valence-corrected chi connectivity index (χ3v) is 2.98. The number of aryl methyl sites for hydroxylation is 1. The van der Waals surface area contributed by atoms with Crippen LogP contribution in [0.15, 0.2) is 6.07 Å². The molecule has 0 spiro atoms. The quantitative estimate of drug-likeness (QED) is 0.792. The largest absolute Gasteiger partial charge is 0.486 e. The molecule has 88 valence electrons. The Balaban J connectivity index is 2.67. The molecule has 1 aliphatic heterocycles. The highest BCUT2D eigenvalue weighted by Gasteiger charge is 2.28. The Morgan fingerprint density at radius 2 is 1.69 bits per heavy atom. The van der Waals surface area contributed by atoms with Gasteiger partial charge >= 0.3 is 0 Å². The molecule has 1 N–H and O–H groups in total. The fourth-order valence-corrected chi connectivity index (χ4v) is 1.92. The second-order valence-electron chi connectivity index (χ2n) is 4.78. The lowest BCUT2D eigenvalue weighted by molar-refractivity contribution is 0.0701. The third-order valence-electron chi connectivity index (χ3n) is 2.98. The molecule has 1 aromatic carbocycles. The van der Waals surface area contributed by atoms with Crippen molar-refractivity contribution in [1.82, 2.24) is 0 Å². The average Bonchev–Trinajstić information content (AvgIpc) is 2.22. The Hall–Kier alpha value is -1.22. The Morgan fingerprint density at radius 3 is 2.25 bits per heavy atom. The van der Waals surface area contributed by atoms with E-state index in [-0.39, 0.29) is 0 Å². The smallest absolute Gasteiger partial charge is 0.167 e. The van der Waals surface area contributed by atoms with Crippen molar-refractivity contribution in [2.75, 3.05) is 13.2 Å². The van der Waals surface area contributed by atoms with E-state index in [9.17, 15) is 5.11 Å². The summed E-state index contributed by atoms with van der Waals surface area (Å²) < 4.78 is 11.3. The number of rotatable bonds is 1. The van der Waals surface area contributed by atoms with Crippen molar-refractivity contribution in [3.8, 4) is 11.5 Å². The molecule has 0 aromatic heterocycles. The van der Waals surface area contributed by atoms with Gasteiger partial charge in [0.25, 0.3) is 0 Å². The molecule has 1 heterocycles. The fourth-order valence-electron chi connectivity index (χ4n) is 1.92. The molecule has 0 amide bonds. The Morgan fingerprint density at radius 1 is 1.12 bits per heavy atom. The maximum absolute atomic E-state index is 10.1. The molecule has 0 aliphatic carbocycles. The van der Waals surface area contributed by atoms with Crippen LogP contribution in [0.4, 0.5) is 0 Å². The maximum atomic E-state index is 10.1. The Labute approximate surface area is 96.0 Å². The molecule has 0 fully saturated rings. The van der Waals surface area contributed by atoms with Crippen LogP contribution in [0.25, 0.3) is 0 Å². The van der Waals surface area contributed by atoms with Gasteiger partial charge in [-0.25, -0.2) is 0 Å². The van der Waals surface area contributed by atoms with E-state index in [1.54, 1.807) is 13.8 Å². The van der Waals surface area contributed by atoms with Crippen molar-refractivity contribution in [2.24, 2.45) is 0 Å². The van der Waals surface area contributed by atoms with Crippen LogP contribution in [-0.2, 0) is 5.60 Å². The van der Waals surface area contributed by atoms with Crippen molar-refractivity contribution in [2.45, 2.75) is 33.3 Å². The van der Waals surface area contributed by atoms with E-state index in [1.165, 1.54) is 0 Å². The zero-order chi connectivity index (χ0) is 11.9. The minimum atomic E-state index is -0.913. The summed E-state index contributed by atoms with van der Waals surface area (Å²) in [5, 5.41) is 10.1. The molecule has 2 rings (SSSR count). The Kier molecular flexibility index (Phi) is 2.58. The molecule has 0 unspecified atom stereocenters. The zero-order valence-corrected chi connectivity index (χ0v) is 10.3. The van der Waals surface area contributed by atoms with Gasteiger partial charge in [0.05, 0.1) is 5.60 Å². The van der Waals surface area contributed by atoms with Gasteiger partial charge in [0, 0.05) is 5.56 Å². The summed E-state index contributed by atoms with van der Waals surface area (Å²) in [5.41, 5.74) is 2.08. The first-order valence-corrected chi connectivity index (χ1v) is 5.54. The van der Waals surface area contributed by atoms with Gasteiger partial charge in [0.2, 0.25) is 0 Å². The van der Waals surface area contributed by atoms with Gasteiger partial charge in [0.15, 0.2) is 11.5 Å². The second-order valence-corrected chi connectivity index (χ2v) is 4.78. The monoisotopic (exact) mass is 222 g/mol. The minimum Gasteiger partial charge on any atom is -0.486 e. The maximum Gasteiger partial charge on any atom is 0.167 e. The molecular weight excluding hydrogens is 204 g/mol. The van der Waals surface area contributed by atoms with Gasteiger partial charge in [-0.15, -0.1) is 0 Å². The lowest BCUT2D eigenvalue weighted by atomic mass is 9.92. The molecule has 16 heavy (non-hydrogen) atoms. The molecule has 0 saturated carbocycles. The predicted molar refractivity (Wildman–Crippen MR) is 62.2 cm³/mol. The van der Waals surface area contributed by atoms with Crippen LogP contribution in [0.1, 0.15) is 30.5 Å². The van der Waals surface area contributed by atoms with E-state index in [0.717, 1.165) is 22.4 Å². The van der Waals surface area contributed by atoms with Crippen LogP contribution >= 0.6 is 0 Å². The van der Waals surface area contributed by atoms with E-state index >= 15 is 0 Å². The fraction of sp³-hybridized carbons (Fsp3) is 0.538. The first-order valence-electron chi connectivity index (χ1n) is 5.54. The van der Waals surface area contributed by atoms with Gasteiger partial charge in [-0.1, -0.05) is 0 Å². The van der Waals surface area contributed by atoms with E-state index in [0.29, 0.717) is 19.0 Å². The number of hydrogen-bond donors (Lipinski definition) is 1. The van der Waals surface area contributed by atoms with Crippen molar-refractivity contribution in [3.63, 3.8) is 0 Å². The van der Waals surface area contributed by atoms with Gasteiger partial charge in [-0.2, -0.15) is 0 Å². The third kappa shape index (κ3) is 1.76. The van der Waals surface area contributed by atoms with Crippen molar-refractivity contribution >= 4 is 0 Å². The van der Waals surface area contributed by atoms with Crippen LogP contribution in [0.3, 0.4) is 0 Å². The summed E-state index contributed by atoms with van der Waals surface area (Å²) in [4.78, 5) is 0. The van der Waals surface area contributed by atoms with Gasteiger partial charge in [-0.05, 0) is 44.9 Å². The summed E-state index contributed by atoms with van der Waals surface area (Å²) in [5.74, 6) is 1.48. The van der Waals surface area contributed by atoms with E-state index in [1.807, 2.05) is 19.9 Å². The number of hydrogen-bond acceptors (Lipinski definition) is 3. The first-order chi connectivity index (χ1) is 7.41. The molecule has 1 aliphatic rings. The van der Waals surface area contributed by atoms with Crippen molar-refractivity contribution < 1.29 is 14.6 Å². The summed E-state index contributed by atoms with van der Waals surface area (Å²) in [6.45, 7) is 8.66. The highest BCUT2D eigenvalue weighted by Crippen LogP contribution is 2.42. The van der Waals surface area contributed by atoms with Gasteiger partial charge in [-0.3, -0.25) is 0 Å². The molecule has 0 atom stereocenters. The van der Waals surface area contributed by atoms with Crippen molar-refractivity contribution in [3.05, 3.63) is 22.8 Å². The predicted octanol–water partition coefficient (Wildman–Crippen LogP) is 2.30. The lowest BCUT2D eigenvalue weighted by Gasteiger charge is -2.28. The molecule has 0 saturated heterocycles. The van der Waals surface area contributed by atoms with E-state index < -0.39 is 5.60 Å². The molecule has 0 bridgehead atoms. The zero-order valence-electron chi connectivity index (χ0n) is 10.3. The Bertz CT molecular complexity index is 416.